The van der Waals surface area contributed by atoms with Gasteiger partial charge in [-0.25, -0.2) is 4.98 Å². The third-order valence-electron chi connectivity index (χ3n) is 8.76. The van der Waals surface area contributed by atoms with Gasteiger partial charge in [0, 0.05) is 66.3 Å². The van der Waals surface area contributed by atoms with E-state index in [2.05, 4.69) is 85.4 Å². The van der Waals surface area contributed by atoms with Gasteiger partial charge in [0.05, 0.1) is 5.76 Å². The van der Waals surface area contributed by atoms with Crippen molar-refractivity contribution in [3.05, 3.63) is 77.6 Å². The number of allylic oxidation sites excluding steroid dienone is 2. The number of carbonyl (C=O) groups is 1. The maximum absolute atomic E-state index is 11.7. The molecule has 0 saturated heterocycles. The number of pyridine rings is 1. The van der Waals surface area contributed by atoms with Crippen LogP contribution in [0.5, 0.6) is 0 Å². The average Bonchev–Trinajstić information content (AvgIpc) is 3.24. The van der Waals surface area contributed by atoms with Gasteiger partial charge in [0.25, 0.3) is 0 Å². The summed E-state index contributed by atoms with van der Waals surface area (Å²) in [5, 5.41) is 14.2. The second kappa shape index (κ2) is 14.1. The first-order chi connectivity index (χ1) is 20.0. The molecule has 0 bridgehead atoms. The van der Waals surface area contributed by atoms with Crippen molar-refractivity contribution < 1.29 is 30.0 Å². The van der Waals surface area contributed by atoms with E-state index < -0.39 is 0 Å². The molecule has 0 fully saturated rings. The number of ketones is 1. The third-order valence-corrected chi connectivity index (χ3v) is 8.76. The fraction of sp³-hybridized carbons (Fsp3) is 0.432. The normalized spacial score (nSPS) is 12.3. The number of aryl methyl sites for hydroxylation is 1. The SMILES string of the molecule is CCC(CC)C(=O)/C=C(\O)C(CC)CC.Cc1c(C(C)(C)C)c2c3cncnc3c3[c-]c4ccccc4cc3n2c1C.[Ir]. The van der Waals surface area contributed by atoms with Crippen LogP contribution in [0, 0.1) is 31.7 Å². The molecule has 5 rings (SSSR count). The van der Waals surface area contributed by atoms with E-state index in [1.54, 1.807) is 6.33 Å². The predicted octanol–water partition coefficient (Wildman–Crippen LogP) is 9.77. The molecule has 0 aliphatic carbocycles. The van der Waals surface area contributed by atoms with Gasteiger partial charge < -0.3 is 9.51 Å². The van der Waals surface area contributed by atoms with Crippen LogP contribution in [0.25, 0.3) is 38.1 Å². The molecule has 0 amide bonds. The Morgan fingerprint density at radius 3 is 2.26 bits per heavy atom. The fourth-order valence-electron chi connectivity index (χ4n) is 6.27. The van der Waals surface area contributed by atoms with Crippen LogP contribution >= 0.6 is 0 Å². The molecule has 231 valence electrons. The molecule has 5 nitrogen and oxygen atoms in total. The maximum Gasteiger partial charge on any atom is 0.162 e. The van der Waals surface area contributed by atoms with Crippen molar-refractivity contribution in [3.63, 3.8) is 0 Å². The van der Waals surface area contributed by atoms with Crippen LogP contribution in [0.1, 0.15) is 91.0 Å². The third kappa shape index (κ3) is 6.71. The predicted molar refractivity (Wildman–Crippen MR) is 176 cm³/mol. The first-order valence-electron chi connectivity index (χ1n) is 15.4. The Morgan fingerprint density at radius 2 is 1.65 bits per heavy atom. The molecule has 5 aromatic rings. The average molecular weight is 757 g/mol. The Hall–Kier alpha value is -3.08. The smallest absolute Gasteiger partial charge is 0.162 e. The van der Waals surface area contributed by atoms with Gasteiger partial charge in [-0.05, 0) is 61.6 Å². The molecule has 3 aromatic heterocycles. The van der Waals surface area contributed by atoms with Crippen molar-refractivity contribution in [1.82, 2.24) is 14.4 Å². The van der Waals surface area contributed by atoms with Gasteiger partial charge in [0.1, 0.15) is 6.33 Å². The quantitative estimate of drug-likeness (QED) is 0.0591. The molecule has 0 aliphatic rings. The summed E-state index contributed by atoms with van der Waals surface area (Å²) in [5.74, 6) is 0.547. The van der Waals surface area contributed by atoms with E-state index >= 15 is 0 Å². The molecule has 0 atom stereocenters. The number of benzene rings is 2. The molecule has 43 heavy (non-hydrogen) atoms. The largest absolute Gasteiger partial charge is 0.512 e. The molecule has 0 saturated carbocycles. The molecular weight excluding hydrogens is 711 g/mol. The molecule has 1 radical (unpaired) electrons. The monoisotopic (exact) mass is 757 g/mol. The number of aromatic nitrogens is 3. The van der Waals surface area contributed by atoms with Crippen LogP contribution in [0.4, 0.5) is 0 Å². The van der Waals surface area contributed by atoms with Gasteiger partial charge in [0.15, 0.2) is 5.78 Å². The first-order valence-corrected chi connectivity index (χ1v) is 15.4. The second-order valence-corrected chi connectivity index (χ2v) is 12.4. The van der Waals surface area contributed by atoms with Crippen molar-refractivity contribution in [2.75, 3.05) is 0 Å². The van der Waals surface area contributed by atoms with E-state index in [-0.39, 0.29) is 48.9 Å². The van der Waals surface area contributed by atoms with Crippen molar-refractivity contribution in [1.29, 1.82) is 0 Å². The number of fused-ring (bicyclic) bond motifs is 7. The minimum Gasteiger partial charge on any atom is -0.512 e. The van der Waals surface area contributed by atoms with Gasteiger partial charge >= 0.3 is 0 Å². The molecule has 1 N–H and O–H groups in total. The number of rotatable bonds is 7. The minimum absolute atomic E-state index is 0. The number of hydrogen-bond donors (Lipinski definition) is 1. The summed E-state index contributed by atoms with van der Waals surface area (Å²) < 4.78 is 2.39. The number of aliphatic hydroxyl groups excluding tert-OH is 1. The summed E-state index contributed by atoms with van der Waals surface area (Å²) in [6.45, 7) is 19.3. The Balaban J connectivity index is 0.000000274. The van der Waals surface area contributed by atoms with Crippen LogP contribution in [0.2, 0.25) is 0 Å². The molecule has 0 aliphatic heterocycles. The van der Waals surface area contributed by atoms with Crippen LogP contribution in [0.3, 0.4) is 0 Å². The van der Waals surface area contributed by atoms with Gasteiger partial charge in [0.2, 0.25) is 0 Å². The van der Waals surface area contributed by atoms with E-state index in [1.165, 1.54) is 33.8 Å². The second-order valence-electron chi connectivity index (χ2n) is 12.4. The van der Waals surface area contributed by atoms with E-state index in [0.29, 0.717) is 0 Å². The standard InChI is InChI=1S/C24H22N3.C13H24O2.Ir/c1-14-15(2)27-20-11-17-9-7-6-8-16(17)10-18(20)22-19(12-25-13-26-22)23(27)21(14)24(3,4)5;1-5-10(6-2)12(14)9-13(15)11(7-3)8-4;/h6-9,11-13H,1-5H3;9-11,14H,5-8H2,1-4H3;/q-1;;/b;12-9-;. The number of nitrogens with zero attached hydrogens (tertiary/aromatic N) is 3. The number of hydrogen-bond acceptors (Lipinski definition) is 4. The van der Waals surface area contributed by atoms with E-state index in [1.807, 2.05) is 33.9 Å². The van der Waals surface area contributed by atoms with Crippen molar-refractivity contribution in [3.8, 4) is 0 Å². The Labute approximate surface area is 270 Å². The summed E-state index contributed by atoms with van der Waals surface area (Å²) >= 11 is 0. The van der Waals surface area contributed by atoms with Gasteiger partial charge in [-0.3, -0.25) is 9.78 Å². The molecule has 3 heterocycles. The van der Waals surface area contributed by atoms with Crippen molar-refractivity contribution >= 4 is 43.9 Å². The fourth-order valence-corrected chi connectivity index (χ4v) is 6.27. The van der Waals surface area contributed by atoms with Crippen LogP contribution in [-0.4, -0.2) is 25.3 Å². The zero-order valence-corrected chi connectivity index (χ0v) is 29.5. The zero-order valence-electron chi connectivity index (χ0n) is 27.1. The minimum atomic E-state index is 0. The topological polar surface area (TPSA) is 67.5 Å². The van der Waals surface area contributed by atoms with E-state index in [4.69, 9.17) is 0 Å². The molecule has 2 aromatic carbocycles. The summed E-state index contributed by atoms with van der Waals surface area (Å²) in [4.78, 5) is 20.7. The van der Waals surface area contributed by atoms with Gasteiger partial charge in [-0.1, -0.05) is 83.5 Å². The molecule has 0 spiro atoms. The summed E-state index contributed by atoms with van der Waals surface area (Å²) in [6, 6.07) is 14.3. The summed E-state index contributed by atoms with van der Waals surface area (Å²) in [7, 11) is 0. The molecule has 6 heteroatoms. The maximum atomic E-state index is 11.7. The number of carbonyl (C=O) groups excluding carboxylic acids is 1. The van der Waals surface area contributed by atoms with Crippen LogP contribution in [0.15, 0.2) is 54.7 Å². The number of aliphatic hydroxyl groups is 1. The summed E-state index contributed by atoms with van der Waals surface area (Å²) in [6.07, 6.45) is 8.50. The molecular formula is C37H46IrN3O2-. The van der Waals surface area contributed by atoms with E-state index in [0.717, 1.165) is 52.9 Å². The first kappa shape index (κ1) is 34.4. The Kier molecular flexibility index (Phi) is 11.3. The molecule has 0 unspecified atom stereocenters. The van der Waals surface area contributed by atoms with E-state index in [9.17, 15) is 9.90 Å². The van der Waals surface area contributed by atoms with Crippen molar-refractivity contribution in [2.45, 2.75) is 93.4 Å². The van der Waals surface area contributed by atoms with Crippen molar-refractivity contribution in [2.24, 2.45) is 11.8 Å². The zero-order chi connectivity index (χ0) is 30.8. The van der Waals surface area contributed by atoms with Gasteiger partial charge in [-0.2, -0.15) is 0 Å². The van der Waals surface area contributed by atoms with Crippen LogP contribution in [-0.2, 0) is 30.3 Å². The summed E-state index contributed by atoms with van der Waals surface area (Å²) in [5.41, 5.74) is 7.37. The van der Waals surface area contributed by atoms with Gasteiger partial charge in [-0.15, -0.1) is 17.5 Å². The van der Waals surface area contributed by atoms with Crippen LogP contribution < -0.4 is 0 Å². The Morgan fingerprint density at radius 1 is 1.02 bits per heavy atom. The Bertz CT molecular complexity index is 1770.